The van der Waals surface area contributed by atoms with Crippen molar-refractivity contribution in [1.82, 2.24) is 20.0 Å². The number of likely N-dealkylation sites (tertiary alicyclic amines) is 1. The maximum Gasteiger partial charge on any atom is 0.0110 e. The van der Waals surface area contributed by atoms with Crippen molar-refractivity contribution in [2.75, 3.05) is 72.0 Å². The van der Waals surface area contributed by atoms with E-state index in [-0.39, 0.29) is 0 Å². The molecule has 0 spiro atoms. The van der Waals surface area contributed by atoms with Crippen molar-refractivity contribution in [2.45, 2.75) is 44.9 Å². The van der Waals surface area contributed by atoms with Gasteiger partial charge in [-0.25, -0.2) is 0 Å². The topological polar surface area (TPSA) is 21.8 Å². The SMILES string of the molecule is C1CCN(CCN2CCCN(CCC3CCNCC3)CC2)CC1. The highest BCUT2D eigenvalue weighted by Crippen LogP contribution is 2.17. The predicted molar refractivity (Wildman–Crippen MR) is 98.0 cm³/mol. The molecular weight excluding hydrogens is 284 g/mol. The molecule has 4 nitrogen and oxygen atoms in total. The van der Waals surface area contributed by atoms with E-state index < -0.39 is 0 Å². The molecule has 3 heterocycles. The Morgan fingerprint density at radius 2 is 1.17 bits per heavy atom. The van der Waals surface area contributed by atoms with Crippen LogP contribution in [0.2, 0.25) is 0 Å². The van der Waals surface area contributed by atoms with Crippen LogP contribution in [0.1, 0.15) is 44.9 Å². The van der Waals surface area contributed by atoms with Crippen molar-refractivity contribution in [2.24, 2.45) is 5.92 Å². The van der Waals surface area contributed by atoms with Gasteiger partial charge in [-0.1, -0.05) is 6.42 Å². The fourth-order valence-corrected chi connectivity index (χ4v) is 4.47. The van der Waals surface area contributed by atoms with E-state index in [1.807, 2.05) is 0 Å². The van der Waals surface area contributed by atoms with Crippen molar-refractivity contribution in [1.29, 1.82) is 0 Å². The van der Waals surface area contributed by atoms with Crippen LogP contribution in [-0.4, -0.2) is 86.7 Å². The molecule has 0 bridgehead atoms. The van der Waals surface area contributed by atoms with Crippen molar-refractivity contribution in [3.05, 3.63) is 0 Å². The maximum atomic E-state index is 3.49. The third kappa shape index (κ3) is 6.33. The van der Waals surface area contributed by atoms with Gasteiger partial charge in [-0.3, -0.25) is 0 Å². The van der Waals surface area contributed by atoms with Gasteiger partial charge < -0.3 is 20.0 Å². The summed E-state index contributed by atoms with van der Waals surface area (Å²) in [6.07, 6.45) is 9.88. The Kier molecular flexibility index (Phi) is 7.66. The zero-order valence-corrected chi connectivity index (χ0v) is 15.1. The Hall–Kier alpha value is -0.160. The molecule has 3 rings (SSSR count). The number of rotatable bonds is 6. The minimum atomic E-state index is 0.981. The molecule has 1 N–H and O–H groups in total. The molecule has 0 atom stereocenters. The molecule has 0 unspecified atom stereocenters. The summed E-state index contributed by atoms with van der Waals surface area (Å²) < 4.78 is 0. The molecule has 4 heteroatoms. The van der Waals surface area contributed by atoms with Gasteiger partial charge in [0.05, 0.1) is 0 Å². The minimum absolute atomic E-state index is 0.981. The molecule has 134 valence electrons. The van der Waals surface area contributed by atoms with Crippen LogP contribution in [0.4, 0.5) is 0 Å². The van der Waals surface area contributed by atoms with Crippen LogP contribution in [0.15, 0.2) is 0 Å². The Morgan fingerprint density at radius 3 is 1.87 bits per heavy atom. The lowest BCUT2D eigenvalue weighted by molar-refractivity contribution is 0.181. The van der Waals surface area contributed by atoms with Crippen molar-refractivity contribution < 1.29 is 0 Å². The van der Waals surface area contributed by atoms with Gasteiger partial charge in [0.2, 0.25) is 0 Å². The minimum Gasteiger partial charge on any atom is -0.317 e. The highest BCUT2D eigenvalue weighted by Gasteiger charge is 2.18. The van der Waals surface area contributed by atoms with Gasteiger partial charge in [-0.15, -0.1) is 0 Å². The van der Waals surface area contributed by atoms with Crippen molar-refractivity contribution >= 4 is 0 Å². The van der Waals surface area contributed by atoms with Gasteiger partial charge in [0.25, 0.3) is 0 Å². The summed E-state index contributed by atoms with van der Waals surface area (Å²) in [7, 11) is 0. The maximum absolute atomic E-state index is 3.49. The highest BCUT2D eigenvalue weighted by atomic mass is 15.2. The van der Waals surface area contributed by atoms with Gasteiger partial charge in [0.1, 0.15) is 0 Å². The van der Waals surface area contributed by atoms with E-state index in [0.29, 0.717) is 0 Å². The Labute approximate surface area is 143 Å². The monoisotopic (exact) mass is 322 g/mol. The summed E-state index contributed by atoms with van der Waals surface area (Å²) in [4.78, 5) is 8.14. The van der Waals surface area contributed by atoms with Crippen LogP contribution in [0.3, 0.4) is 0 Å². The van der Waals surface area contributed by atoms with Crippen LogP contribution >= 0.6 is 0 Å². The van der Waals surface area contributed by atoms with Gasteiger partial charge in [-0.2, -0.15) is 0 Å². The molecule has 0 aliphatic carbocycles. The zero-order valence-electron chi connectivity index (χ0n) is 15.1. The first-order chi connectivity index (χ1) is 11.4. The Balaban J connectivity index is 1.30. The number of nitrogens with zero attached hydrogens (tertiary/aromatic N) is 3. The molecule has 23 heavy (non-hydrogen) atoms. The lowest BCUT2D eigenvalue weighted by atomic mass is 9.94. The largest absolute Gasteiger partial charge is 0.317 e. The number of hydrogen-bond donors (Lipinski definition) is 1. The summed E-state index contributed by atoms with van der Waals surface area (Å²) in [5.74, 6) is 0.981. The third-order valence-corrected chi connectivity index (χ3v) is 6.17. The second kappa shape index (κ2) is 9.97. The van der Waals surface area contributed by atoms with E-state index in [9.17, 15) is 0 Å². The van der Waals surface area contributed by atoms with Crippen molar-refractivity contribution in [3.63, 3.8) is 0 Å². The quantitative estimate of drug-likeness (QED) is 0.806. The van der Waals surface area contributed by atoms with E-state index in [2.05, 4.69) is 20.0 Å². The molecule has 0 radical (unpaired) electrons. The summed E-state index contributed by atoms with van der Waals surface area (Å²) in [6, 6.07) is 0. The van der Waals surface area contributed by atoms with E-state index in [4.69, 9.17) is 0 Å². The van der Waals surface area contributed by atoms with E-state index in [1.54, 1.807) is 0 Å². The molecule has 3 fully saturated rings. The number of hydrogen-bond acceptors (Lipinski definition) is 4. The average Bonchev–Trinajstić information content (AvgIpc) is 2.85. The van der Waals surface area contributed by atoms with Crippen LogP contribution in [0.25, 0.3) is 0 Å². The summed E-state index contributed by atoms with van der Waals surface area (Å²) in [5, 5.41) is 3.49. The van der Waals surface area contributed by atoms with Crippen LogP contribution < -0.4 is 5.32 Å². The fraction of sp³-hybridized carbons (Fsp3) is 1.00. The van der Waals surface area contributed by atoms with E-state index >= 15 is 0 Å². The molecular formula is C19H38N4. The molecule has 0 aromatic rings. The normalized spacial score (nSPS) is 27.1. The second-order valence-corrected chi connectivity index (χ2v) is 7.92. The fourth-order valence-electron chi connectivity index (χ4n) is 4.47. The zero-order chi connectivity index (χ0) is 15.7. The standard InChI is InChI=1S/C19H38N4/c1-2-10-21(11-3-1)15-17-23-13-4-12-22(16-18-23)14-7-19-5-8-20-9-6-19/h19-20H,1-18H2. The Bertz CT molecular complexity index is 280. The molecule has 3 aliphatic heterocycles. The highest BCUT2D eigenvalue weighted by molar-refractivity contribution is 4.75. The molecule has 0 saturated carbocycles. The van der Waals surface area contributed by atoms with E-state index in [1.165, 1.54) is 117 Å². The van der Waals surface area contributed by atoms with Gasteiger partial charge >= 0.3 is 0 Å². The predicted octanol–water partition coefficient (Wildman–Crippen LogP) is 1.87. The first kappa shape index (κ1) is 17.7. The summed E-state index contributed by atoms with van der Waals surface area (Å²) in [6.45, 7) is 14.3. The van der Waals surface area contributed by atoms with Gasteiger partial charge in [0.15, 0.2) is 0 Å². The number of piperidine rings is 2. The molecule has 3 saturated heterocycles. The van der Waals surface area contributed by atoms with E-state index in [0.717, 1.165) is 5.92 Å². The smallest absolute Gasteiger partial charge is 0.0110 e. The molecule has 3 aliphatic rings. The van der Waals surface area contributed by atoms with Crippen LogP contribution in [-0.2, 0) is 0 Å². The summed E-state index contributed by atoms with van der Waals surface area (Å²) in [5.41, 5.74) is 0. The van der Waals surface area contributed by atoms with Gasteiger partial charge in [0, 0.05) is 26.2 Å². The lowest BCUT2D eigenvalue weighted by Crippen LogP contribution is -2.39. The van der Waals surface area contributed by atoms with Crippen LogP contribution in [0.5, 0.6) is 0 Å². The first-order valence-corrected chi connectivity index (χ1v) is 10.3. The Morgan fingerprint density at radius 1 is 0.609 bits per heavy atom. The second-order valence-electron chi connectivity index (χ2n) is 7.92. The summed E-state index contributed by atoms with van der Waals surface area (Å²) >= 11 is 0. The first-order valence-electron chi connectivity index (χ1n) is 10.3. The van der Waals surface area contributed by atoms with Gasteiger partial charge in [-0.05, 0) is 90.3 Å². The molecule has 0 aromatic carbocycles. The third-order valence-electron chi connectivity index (χ3n) is 6.17. The van der Waals surface area contributed by atoms with Crippen LogP contribution in [0, 0.1) is 5.92 Å². The lowest BCUT2D eigenvalue weighted by Gasteiger charge is -2.29. The molecule has 0 aromatic heterocycles. The molecule has 0 amide bonds. The number of nitrogens with one attached hydrogen (secondary N) is 1. The average molecular weight is 323 g/mol. The van der Waals surface area contributed by atoms with Crippen molar-refractivity contribution in [3.8, 4) is 0 Å².